The number of hydrogen-bond acceptors (Lipinski definition) is 3. The van der Waals surface area contributed by atoms with Gasteiger partial charge in [0.25, 0.3) is 0 Å². The lowest BCUT2D eigenvalue weighted by Gasteiger charge is -2.22. The van der Waals surface area contributed by atoms with E-state index in [0.717, 1.165) is 37.2 Å². The van der Waals surface area contributed by atoms with E-state index in [1.165, 1.54) is 5.56 Å². The van der Waals surface area contributed by atoms with Crippen molar-refractivity contribution in [2.45, 2.75) is 37.1 Å². The molecule has 21 heavy (non-hydrogen) atoms. The molecular weight excluding hydrogens is 268 g/mol. The average molecular weight is 288 g/mol. The van der Waals surface area contributed by atoms with Gasteiger partial charge in [0.15, 0.2) is 11.5 Å². The average Bonchev–Trinajstić information content (AvgIpc) is 3.41. The Labute approximate surface area is 124 Å². The van der Waals surface area contributed by atoms with Crippen LogP contribution in [0.5, 0.6) is 11.5 Å². The molecule has 0 atom stereocenters. The maximum Gasteiger partial charge on any atom is 0.315 e. The summed E-state index contributed by atoms with van der Waals surface area (Å²) in [5.41, 5.74) is 1.31. The second kappa shape index (κ2) is 4.83. The van der Waals surface area contributed by atoms with Gasteiger partial charge in [0.05, 0.1) is 0 Å². The minimum atomic E-state index is -0.0404. The van der Waals surface area contributed by atoms with Gasteiger partial charge in [0.1, 0.15) is 13.2 Å². The third-order valence-corrected chi connectivity index (χ3v) is 4.51. The number of fused-ring (bicyclic) bond motifs is 1. The Hall–Kier alpha value is -1.91. The van der Waals surface area contributed by atoms with Crippen LogP contribution in [0.25, 0.3) is 0 Å². The monoisotopic (exact) mass is 288 g/mol. The van der Waals surface area contributed by atoms with Gasteiger partial charge in [-0.2, -0.15) is 0 Å². The van der Waals surface area contributed by atoms with E-state index in [9.17, 15) is 4.79 Å². The number of carbonyl (C=O) groups excluding carboxylic acids is 1. The van der Waals surface area contributed by atoms with Crippen LogP contribution in [0, 0.1) is 0 Å². The molecule has 2 fully saturated rings. The van der Waals surface area contributed by atoms with Crippen molar-refractivity contribution in [1.29, 1.82) is 0 Å². The first-order chi connectivity index (χ1) is 10.3. The number of rotatable bonds is 4. The molecule has 2 aliphatic carbocycles. The molecule has 2 N–H and O–H groups in total. The van der Waals surface area contributed by atoms with E-state index in [0.29, 0.717) is 25.8 Å². The third kappa shape index (κ3) is 2.64. The predicted octanol–water partition coefficient (Wildman–Crippen LogP) is 1.95. The van der Waals surface area contributed by atoms with Crippen molar-refractivity contribution in [3.8, 4) is 11.5 Å². The van der Waals surface area contributed by atoms with Gasteiger partial charge in [-0.25, -0.2) is 4.79 Å². The molecule has 5 nitrogen and oxygen atoms in total. The standard InChI is InChI=1S/C16H20N2O3/c19-15(18-12-2-3-12)17-10-16(5-6-16)11-1-4-13-14(9-11)21-8-7-20-13/h1,4,9,12H,2-3,5-8,10H2,(H2,17,18,19). The number of hydrogen-bond donors (Lipinski definition) is 2. The first kappa shape index (κ1) is 12.8. The number of urea groups is 1. The molecule has 1 heterocycles. The van der Waals surface area contributed by atoms with Crippen LogP contribution >= 0.6 is 0 Å². The number of ether oxygens (including phenoxy) is 2. The molecule has 0 radical (unpaired) electrons. The van der Waals surface area contributed by atoms with Gasteiger partial charge in [0, 0.05) is 18.0 Å². The number of amides is 2. The molecule has 0 aromatic heterocycles. The Kier molecular flexibility index (Phi) is 2.94. The SMILES string of the molecule is O=C(NCC1(c2ccc3c(c2)OCCO3)CC1)NC1CC1. The first-order valence-electron chi connectivity index (χ1n) is 7.70. The zero-order valence-corrected chi connectivity index (χ0v) is 12.0. The quantitative estimate of drug-likeness (QED) is 0.890. The van der Waals surface area contributed by atoms with Gasteiger partial charge in [-0.1, -0.05) is 6.07 Å². The van der Waals surface area contributed by atoms with E-state index < -0.39 is 0 Å². The maximum atomic E-state index is 11.8. The Morgan fingerprint density at radius 1 is 1.19 bits per heavy atom. The third-order valence-electron chi connectivity index (χ3n) is 4.51. The van der Waals surface area contributed by atoms with Gasteiger partial charge < -0.3 is 20.1 Å². The number of carbonyl (C=O) groups is 1. The Morgan fingerprint density at radius 2 is 1.95 bits per heavy atom. The van der Waals surface area contributed by atoms with Gasteiger partial charge in [-0.15, -0.1) is 0 Å². The molecule has 1 aromatic carbocycles. The minimum Gasteiger partial charge on any atom is -0.486 e. The lowest BCUT2D eigenvalue weighted by molar-refractivity contribution is 0.171. The highest BCUT2D eigenvalue weighted by atomic mass is 16.6. The summed E-state index contributed by atoms with van der Waals surface area (Å²) in [5, 5.41) is 5.97. The summed E-state index contributed by atoms with van der Waals surface area (Å²) in [7, 11) is 0. The van der Waals surface area contributed by atoms with Crippen molar-refractivity contribution < 1.29 is 14.3 Å². The highest BCUT2D eigenvalue weighted by molar-refractivity contribution is 5.74. The van der Waals surface area contributed by atoms with Crippen LogP contribution in [0.15, 0.2) is 18.2 Å². The fraction of sp³-hybridized carbons (Fsp3) is 0.562. The summed E-state index contributed by atoms with van der Waals surface area (Å²) in [4.78, 5) is 11.8. The normalized spacial score (nSPS) is 21.5. The van der Waals surface area contributed by atoms with E-state index in [1.54, 1.807) is 0 Å². The molecule has 2 amide bonds. The second-order valence-corrected chi connectivity index (χ2v) is 6.24. The van der Waals surface area contributed by atoms with Crippen molar-refractivity contribution in [3.05, 3.63) is 23.8 Å². The Morgan fingerprint density at radius 3 is 2.67 bits per heavy atom. The molecule has 4 rings (SSSR count). The number of benzene rings is 1. The highest BCUT2D eigenvalue weighted by Gasteiger charge is 2.45. The summed E-state index contributed by atoms with van der Waals surface area (Å²) < 4.78 is 11.2. The molecule has 0 unspecified atom stereocenters. The van der Waals surface area contributed by atoms with Crippen molar-refractivity contribution in [2.24, 2.45) is 0 Å². The van der Waals surface area contributed by atoms with Crippen molar-refractivity contribution >= 4 is 6.03 Å². The van der Waals surface area contributed by atoms with Crippen LogP contribution in [0.2, 0.25) is 0 Å². The van der Waals surface area contributed by atoms with E-state index in [1.807, 2.05) is 6.07 Å². The van der Waals surface area contributed by atoms with E-state index in [-0.39, 0.29) is 11.4 Å². The van der Waals surface area contributed by atoms with Crippen LogP contribution in [0.4, 0.5) is 4.79 Å². The van der Waals surface area contributed by atoms with Crippen LogP contribution in [-0.2, 0) is 5.41 Å². The lowest BCUT2D eigenvalue weighted by Crippen LogP contribution is -2.40. The predicted molar refractivity (Wildman–Crippen MR) is 77.9 cm³/mol. The fourth-order valence-electron chi connectivity index (χ4n) is 2.81. The molecule has 1 aliphatic heterocycles. The van der Waals surface area contributed by atoms with Crippen LogP contribution < -0.4 is 20.1 Å². The number of nitrogens with one attached hydrogen (secondary N) is 2. The topological polar surface area (TPSA) is 59.6 Å². The Balaban J connectivity index is 1.43. The molecule has 5 heteroatoms. The second-order valence-electron chi connectivity index (χ2n) is 6.24. The van der Waals surface area contributed by atoms with Crippen LogP contribution in [0.1, 0.15) is 31.2 Å². The highest BCUT2D eigenvalue weighted by Crippen LogP contribution is 2.49. The minimum absolute atomic E-state index is 0.0404. The zero-order chi connectivity index (χ0) is 14.3. The van der Waals surface area contributed by atoms with Gasteiger partial charge in [-0.3, -0.25) is 0 Å². The molecule has 2 saturated carbocycles. The van der Waals surface area contributed by atoms with Crippen molar-refractivity contribution in [2.75, 3.05) is 19.8 Å². The van der Waals surface area contributed by atoms with Gasteiger partial charge in [0.2, 0.25) is 0 Å². The summed E-state index contributed by atoms with van der Waals surface area (Å²) in [5.74, 6) is 1.65. The summed E-state index contributed by atoms with van der Waals surface area (Å²) in [6, 6.07) is 6.51. The molecule has 0 bridgehead atoms. The van der Waals surface area contributed by atoms with Crippen molar-refractivity contribution in [1.82, 2.24) is 10.6 Å². The molecule has 3 aliphatic rings. The van der Waals surface area contributed by atoms with E-state index in [4.69, 9.17) is 9.47 Å². The van der Waals surface area contributed by atoms with Crippen molar-refractivity contribution in [3.63, 3.8) is 0 Å². The van der Waals surface area contributed by atoms with Gasteiger partial charge >= 0.3 is 6.03 Å². The first-order valence-corrected chi connectivity index (χ1v) is 7.70. The van der Waals surface area contributed by atoms with E-state index >= 15 is 0 Å². The molecule has 112 valence electrons. The smallest absolute Gasteiger partial charge is 0.315 e. The molecule has 0 spiro atoms. The lowest BCUT2D eigenvalue weighted by atomic mass is 9.95. The summed E-state index contributed by atoms with van der Waals surface area (Å²) in [6.07, 6.45) is 4.44. The molecule has 1 aromatic rings. The van der Waals surface area contributed by atoms with Crippen LogP contribution in [0.3, 0.4) is 0 Å². The van der Waals surface area contributed by atoms with E-state index in [2.05, 4.69) is 22.8 Å². The maximum absolute atomic E-state index is 11.8. The molecule has 0 saturated heterocycles. The largest absolute Gasteiger partial charge is 0.486 e. The Bertz CT molecular complexity index is 565. The van der Waals surface area contributed by atoms with Crippen LogP contribution in [-0.4, -0.2) is 31.8 Å². The van der Waals surface area contributed by atoms with Gasteiger partial charge in [-0.05, 0) is 43.4 Å². The molecular formula is C16H20N2O3. The zero-order valence-electron chi connectivity index (χ0n) is 12.0. The fourth-order valence-corrected chi connectivity index (χ4v) is 2.81. The summed E-state index contributed by atoms with van der Waals surface area (Å²) in [6.45, 7) is 1.90. The summed E-state index contributed by atoms with van der Waals surface area (Å²) >= 11 is 0.